The Labute approximate surface area is 117 Å². The van der Waals surface area contributed by atoms with E-state index in [1.54, 1.807) is 0 Å². The van der Waals surface area contributed by atoms with Gasteiger partial charge in [0.25, 0.3) is 5.34 Å². The summed E-state index contributed by atoms with van der Waals surface area (Å²) in [5.41, 5.74) is 0. The van der Waals surface area contributed by atoms with E-state index in [1.165, 1.54) is 0 Å². The zero-order valence-corrected chi connectivity index (χ0v) is 11.4. The molecule has 21 heavy (non-hydrogen) atoms. The number of hydrogen-bond donors (Lipinski definition) is 5. The highest BCUT2D eigenvalue weighted by Gasteiger charge is 2.54. The smallest absolute Gasteiger partial charge is 0.450 e. The van der Waals surface area contributed by atoms with Crippen molar-refractivity contribution in [1.82, 2.24) is 0 Å². The zero-order chi connectivity index (χ0) is 16.8. The lowest BCUT2D eigenvalue weighted by Crippen LogP contribution is -2.43. The molecule has 0 saturated carbocycles. The molecule has 0 saturated heterocycles. The van der Waals surface area contributed by atoms with Gasteiger partial charge in [-0.15, -0.1) is 0 Å². The summed E-state index contributed by atoms with van der Waals surface area (Å²) >= 11 is 0. The maximum atomic E-state index is 11.5. The number of carbonyl (C=O) groups is 3. The molecule has 0 aromatic heterocycles. The van der Waals surface area contributed by atoms with Crippen LogP contribution in [0.2, 0.25) is 0 Å². The molecule has 0 aliphatic carbocycles. The van der Waals surface area contributed by atoms with Crippen molar-refractivity contribution in [3.8, 4) is 0 Å². The molecule has 0 radical (unpaired) electrons. The Balaban J connectivity index is 5.44. The predicted molar refractivity (Wildman–Crippen MR) is 61.1 cm³/mol. The fraction of sp³-hybridized carbons (Fsp3) is 0.625. The quantitative estimate of drug-likeness (QED) is 0.249. The lowest BCUT2D eigenvalue weighted by atomic mass is 10.2. The first-order chi connectivity index (χ1) is 9.39. The topological polar surface area (TPSA) is 197 Å². The van der Waals surface area contributed by atoms with Gasteiger partial charge in [-0.2, -0.15) is 0 Å². The first kappa shape index (κ1) is 19.0. The normalized spacial score (nSPS) is 15.4. The van der Waals surface area contributed by atoms with Crippen molar-refractivity contribution in [2.45, 2.75) is 24.8 Å². The molecule has 0 spiro atoms. The van der Waals surface area contributed by atoms with E-state index in [0.29, 0.717) is 0 Å². The van der Waals surface area contributed by atoms with Gasteiger partial charge in [-0.25, -0.2) is 14.4 Å². The molecule has 2 unspecified atom stereocenters. The van der Waals surface area contributed by atoms with Gasteiger partial charge in [-0.3, -0.25) is 4.57 Å². The minimum atomic E-state index is -5.38. The third-order valence-electron chi connectivity index (χ3n) is 2.14. The highest BCUT2D eigenvalue weighted by molar-refractivity contribution is 7.53. The van der Waals surface area contributed by atoms with Crippen LogP contribution < -0.4 is 0 Å². The molecule has 0 aromatic carbocycles. The van der Waals surface area contributed by atoms with Gasteiger partial charge in [-0.05, 0) is 6.92 Å². The van der Waals surface area contributed by atoms with Crippen LogP contribution in [-0.2, 0) is 18.8 Å². The second-order valence-corrected chi connectivity index (χ2v) is 5.71. The van der Waals surface area contributed by atoms with Crippen LogP contribution in [0.1, 0.15) is 13.3 Å². The maximum absolute atomic E-state index is 11.5. The summed E-state index contributed by atoms with van der Waals surface area (Å²) in [7, 11) is -5.38. The molecule has 2 atom stereocenters. The third-order valence-corrected chi connectivity index (χ3v) is 3.60. The average Bonchev–Trinajstić information content (AvgIpc) is 2.21. The number of carboxylic acid groups (broad SMARTS) is 3. The second-order valence-electron chi connectivity index (χ2n) is 3.81. The summed E-state index contributed by atoms with van der Waals surface area (Å²) in [5, 5.41) is 22.4. The first-order valence-electron chi connectivity index (χ1n) is 5.12. The van der Waals surface area contributed by atoms with Crippen molar-refractivity contribution >= 4 is 26.1 Å². The third kappa shape index (κ3) is 6.29. The Kier molecular flexibility index (Phi) is 6.42. The maximum Gasteiger partial charge on any atom is 0.507 e. The van der Waals surface area contributed by atoms with E-state index in [1.807, 2.05) is 0 Å². The van der Waals surface area contributed by atoms with Crippen molar-refractivity contribution in [2.24, 2.45) is 0 Å². The molecule has 13 heteroatoms. The molecule has 0 bridgehead atoms. The molecule has 5 N–H and O–H groups in total. The van der Waals surface area contributed by atoms with Crippen molar-refractivity contribution in [3.05, 3.63) is 0 Å². The summed E-state index contributed by atoms with van der Waals surface area (Å²) in [6.45, 7) is -0.281. The molecule has 0 fully saturated rings. The van der Waals surface area contributed by atoms with Crippen LogP contribution >= 0.6 is 7.60 Å². The van der Waals surface area contributed by atoms with E-state index < -0.39 is 50.5 Å². The van der Waals surface area contributed by atoms with Crippen LogP contribution in [0.4, 0.5) is 14.4 Å². The summed E-state index contributed by atoms with van der Waals surface area (Å²) in [5.74, 6) is 0. The van der Waals surface area contributed by atoms with Crippen molar-refractivity contribution < 1.29 is 58.3 Å². The van der Waals surface area contributed by atoms with E-state index in [2.05, 4.69) is 14.2 Å². The van der Waals surface area contributed by atoms with Crippen molar-refractivity contribution in [1.29, 1.82) is 0 Å². The Morgan fingerprint density at radius 1 is 1.10 bits per heavy atom. The summed E-state index contributed by atoms with van der Waals surface area (Å²) in [6.07, 6.45) is -8.20. The largest absolute Gasteiger partial charge is 0.507 e. The lowest BCUT2D eigenvalue weighted by molar-refractivity contribution is -0.0533. The standard InChI is InChI=1S/C8H13O12P/c1-4(19-6(11)12)2-8(20-7(13)14,21(15,16)17)3-18-5(9)10/h4H,2-3H2,1H3,(H,9,10)(H,11,12)(H,13,14)(H2,15,16,17). The zero-order valence-electron chi connectivity index (χ0n) is 10.5. The monoisotopic (exact) mass is 332 g/mol. The minimum Gasteiger partial charge on any atom is -0.450 e. The number of ether oxygens (including phenoxy) is 3. The van der Waals surface area contributed by atoms with Crippen LogP contribution in [-0.4, -0.2) is 61.6 Å². The number of rotatable bonds is 7. The van der Waals surface area contributed by atoms with Crippen LogP contribution in [0.3, 0.4) is 0 Å². The highest BCUT2D eigenvalue weighted by Crippen LogP contribution is 2.54. The second kappa shape index (κ2) is 7.11. The van der Waals surface area contributed by atoms with E-state index in [-0.39, 0.29) is 0 Å². The molecular weight excluding hydrogens is 319 g/mol. The molecule has 0 aliphatic rings. The van der Waals surface area contributed by atoms with Gasteiger partial charge in [0.1, 0.15) is 12.7 Å². The van der Waals surface area contributed by atoms with Crippen molar-refractivity contribution in [3.63, 3.8) is 0 Å². The van der Waals surface area contributed by atoms with E-state index in [0.717, 1.165) is 6.92 Å². The van der Waals surface area contributed by atoms with Gasteiger partial charge in [0.2, 0.25) is 0 Å². The Morgan fingerprint density at radius 3 is 1.95 bits per heavy atom. The molecule has 0 amide bonds. The van der Waals surface area contributed by atoms with E-state index in [4.69, 9.17) is 15.3 Å². The van der Waals surface area contributed by atoms with E-state index in [9.17, 15) is 28.7 Å². The predicted octanol–water partition coefficient (Wildman–Crippen LogP) is 0.723. The van der Waals surface area contributed by atoms with Crippen LogP contribution in [0.15, 0.2) is 0 Å². The first-order valence-corrected chi connectivity index (χ1v) is 6.74. The Hall–Kier alpha value is -2.04. The summed E-state index contributed by atoms with van der Waals surface area (Å²) in [6, 6.07) is 0. The fourth-order valence-electron chi connectivity index (χ4n) is 1.39. The van der Waals surface area contributed by atoms with Gasteiger partial charge < -0.3 is 39.3 Å². The fourth-order valence-corrected chi connectivity index (χ4v) is 2.32. The summed E-state index contributed by atoms with van der Waals surface area (Å²) in [4.78, 5) is 49.7. The SMILES string of the molecule is CC(CC(COC(=O)O)(OC(=O)O)P(=O)(O)O)OC(=O)O. The molecular formula is C8H13O12P. The van der Waals surface area contributed by atoms with Crippen LogP contribution in [0.25, 0.3) is 0 Å². The molecule has 0 heterocycles. The lowest BCUT2D eigenvalue weighted by Gasteiger charge is -2.33. The highest BCUT2D eigenvalue weighted by atomic mass is 31.2. The van der Waals surface area contributed by atoms with Crippen LogP contribution in [0.5, 0.6) is 0 Å². The van der Waals surface area contributed by atoms with Gasteiger partial charge in [0.05, 0.1) is 0 Å². The molecule has 0 rings (SSSR count). The van der Waals surface area contributed by atoms with Gasteiger partial charge in [0.15, 0.2) is 0 Å². The van der Waals surface area contributed by atoms with Crippen molar-refractivity contribution in [2.75, 3.05) is 6.61 Å². The Morgan fingerprint density at radius 2 is 1.62 bits per heavy atom. The molecule has 0 aliphatic heterocycles. The molecule has 12 nitrogen and oxygen atoms in total. The number of hydrogen-bond acceptors (Lipinski definition) is 7. The molecule has 0 aromatic rings. The Bertz CT molecular complexity index is 454. The minimum absolute atomic E-state index is 0.955. The van der Waals surface area contributed by atoms with Crippen LogP contribution in [0, 0.1) is 0 Å². The van der Waals surface area contributed by atoms with E-state index >= 15 is 0 Å². The van der Waals surface area contributed by atoms with Gasteiger partial charge in [-0.1, -0.05) is 0 Å². The van der Waals surface area contributed by atoms with Gasteiger partial charge in [0, 0.05) is 6.42 Å². The summed E-state index contributed by atoms with van der Waals surface area (Å²) < 4.78 is 23.7. The average molecular weight is 332 g/mol. The van der Waals surface area contributed by atoms with Gasteiger partial charge >= 0.3 is 26.1 Å². The molecule has 122 valence electrons.